The molecule has 0 amide bonds. The molecule has 2 rings (SSSR count). The van der Waals surface area contributed by atoms with E-state index in [4.69, 9.17) is 4.55 Å². The van der Waals surface area contributed by atoms with Crippen molar-refractivity contribution in [3.8, 4) is 11.1 Å². The maximum absolute atomic E-state index is 10.6. The van der Waals surface area contributed by atoms with Crippen LogP contribution in [0.2, 0.25) is 0 Å². The molecule has 0 radical (unpaired) electrons. The summed E-state index contributed by atoms with van der Waals surface area (Å²) in [6, 6.07) is 5.55. The smallest absolute Gasteiger partial charge is 0.271 e. The Morgan fingerprint density at radius 3 is 2.56 bits per heavy atom. The molecular weight excluding hydrogens is 254 g/mol. The number of aryl methyl sites for hydroxylation is 1. The molecule has 0 aliphatic rings. The molecule has 1 N–H and O–H groups in total. The van der Waals surface area contributed by atoms with Gasteiger partial charge in [-0.15, -0.1) is 0 Å². The van der Waals surface area contributed by atoms with Crippen LogP contribution in [0.3, 0.4) is 0 Å². The van der Waals surface area contributed by atoms with E-state index in [2.05, 4.69) is 10.1 Å². The Kier molecular flexibility index (Phi) is 3.63. The molecule has 0 bridgehead atoms. The fourth-order valence-corrected chi connectivity index (χ4v) is 1.85. The molecule has 2 aromatic rings. The molecular formula is C11H12N3O3S+. The number of hydrogen-bond acceptors (Lipinski definition) is 4. The van der Waals surface area contributed by atoms with Crippen molar-refractivity contribution in [1.29, 1.82) is 0 Å². The minimum atomic E-state index is -3.96. The summed E-state index contributed by atoms with van der Waals surface area (Å²) in [5.74, 6) is -0.350. The van der Waals surface area contributed by atoms with Gasteiger partial charge in [0, 0.05) is 29.6 Å². The minimum Gasteiger partial charge on any atom is -0.285 e. The second-order valence-corrected chi connectivity index (χ2v) is 5.28. The van der Waals surface area contributed by atoms with Crippen LogP contribution < -0.4 is 4.68 Å². The van der Waals surface area contributed by atoms with Crippen LogP contribution in [0.4, 0.5) is 0 Å². The monoisotopic (exact) mass is 266 g/mol. The van der Waals surface area contributed by atoms with Crippen molar-refractivity contribution in [2.45, 2.75) is 6.54 Å². The minimum absolute atomic E-state index is 0.117. The number of aromatic nitrogens is 3. The first kappa shape index (κ1) is 12.6. The van der Waals surface area contributed by atoms with Crippen LogP contribution in [-0.2, 0) is 16.7 Å². The molecule has 0 unspecified atom stereocenters. The van der Waals surface area contributed by atoms with Crippen LogP contribution >= 0.6 is 0 Å². The van der Waals surface area contributed by atoms with Crippen LogP contribution in [0.1, 0.15) is 0 Å². The van der Waals surface area contributed by atoms with Crippen molar-refractivity contribution in [1.82, 2.24) is 10.1 Å². The molecule has 0 aliphatic carbocycles. The first-order chi connectivity index (χ1) is 8.54. The van der Waals surface area contributed by atoms with E-state index in [-0.39, 0.29) is 12.3 Å². The molecule has 0 fully saturated rings. The van der Waals surface area contributed by atoms with Gasteiger partial charge in [-0.25, -0.2) is 0 Å². The van der Waals surface area contributed by atoms with Crippen molar-refractivity contribution in [3.05, 3.63) is 43.0 Å². The van der Waals surface area contributed by atoms with Gasteiger partial charge in [-0.3, -0.25) is 9.54 Å². The van der Waals surface area contributed by atoms with Gasteiger partial charge < -0.3 is 0 Å². The fourth-order valence-electron chi connectivity index (χ4n) is 1.43. The highest BCUT2D eigenvalue weighted by atomic mass is 32.2. The van der Waals surface area contributed by atoms with Crippen molar-refractivity contribution in [3.63, 3.8) is 0 Å². The number of nitrogens with zero attached hydrogens (tertiary/aromatic N) is 3. The number of pyridine rings is 1. The third-order valence-corrected chi connectivity index (χ3v) is 3.04. The number of rotatable bonds is 4. The van der Waals surface area contributed by atoms with Crippen LogP contribution in [0, 0.1) is 0 Å². The predicted molar refractivity (Wildman–Crippen MR) is 64.1 cm³/mol. The largest absolute Gasteiger partial charge is 0.285 e. The Balaban J connectivity index is 2.11. The van der Waals surface area contributed by atoms with Crippen LogP contribution in [-0.4, -0.2) is 28.8 Å². The lowest BCUT2D eigenvalue weighted by Gasteiger charge is -1.98. The van der Waals surface area contributed by atoms with Gasteiger partial charge in [0.25, 0.3) is 10.1 Å². The first-order valence-electron chi connectivity index (χ1n) is 5.26. The van der Waals surface area contributed by atoms with Gasteiger partial charge in [0.1, 0.15) is 11.9 Å². The predicted octanol–water partition coefficient (Wildman–Crippen LogP) is 0.319. The highest BCUT2D eigenvalue weighted by molar-refractivity contribution is 7.85. The molecule has 2 heterocycles. The zero-order chi connectivity index (χ0) is 13.0. The summed E-state index contributed by atoms with van der Waals surface area (Å²) in [6.45, 7) is 0.117. The summed E-state index contributed by atoms with van der Waals surface area (Å²) >= 11 is 0. The van der Waals surface area contributed by atoms with Gasteiger partial charge >= 0.3 is 0 Å². The van der Waals surface area contributed by atoms with Crippen molar-refractivity contribution in [2.75, 3.05) is 5.75 Å². The molecule has 0 atom stereocenters. The second-order valence-electron chi connectivity index (χ2n) is 3.71. The molecule has 0 aromatic carbocycles. The second kappa shape index (κ2) is 5.19. The van der Waals surface area contributed by atoms with E-state index < -0.39 is 10.1 Å². The van der Waals surface area contributed by atoms with Gasteiger partial charge in [-0.2, -0.15) is 8.42 Å². The molecule has 0 saturated heterocycles. The molecule has 18 heavy (non-hydrogen) atoms. The fraction of sp³-hybridized carbons (Fsp3) is 0.182. The van der Waals surface area contributed by atoms with E-state index in [0.29, 0.717) is 0 Å². The Hall–Kier alpha value is -1.86. The van der Waals surface area contributed by atoms with E-state index in [1.807, 2.05) is 18.2 Å². The summed E-state index contributed by atoms with van der Waals surface area (Å²) in [5, 5.41) is 4.07. The highest BCUT2D eigenvalue weighted by Crippen LogP contribution is 2.14. The standard InChI is InChI=1S/C11H11N3O3S/c15-18(16,17)7-6-14-5-3-11(9-13-14)10-2-1-4-12-8-10/h1-5,8-9H,6-7H2/p+1. The van der Waals surface area contributed by atoms with Crippen molar-refractivity contribution in [2.24, 2.45) is 0 Å². The van der Waals surface area contributed by atoms with Crippen LogP contribution in [0.25, 0.3) is 11.1 Å². The maximum atomic E-state index is 10.6. The Morgan fingerprint density at radius 1 is 1.22 bits per heavy atom. The van der Waals surface area contributed by atoms with E-state index in [1.165, 1.54) is 4.68 Å². The van der Waals surface area contributed by atoms with E-state index >= 15 is 0 Å². The summed E-state index contributed by atoms with van der Waals surface area (Å²) < 4.78 is 31.3. The summed E-state index contributed by atoms with van der Waals surface area (Å²) in [7, 11) is -3.96. The maximum Gasteiger partial charge on any atom is 0.271 e. The van der Waals surface area contributed by atoms with E-state index in [9.17, 15) is 8.42 Å². The molecule has 0 saturated carbocycles. The SMILES string of the molecule is O=S(=O)(O)CC[n+]1ccc(-c2cccnc2)cn1. The molecule has 94 valence electrons. The van der Waals surface area contributed by atoms with Gasteiger partial charge in [0.2, 0.25) is 0 Å². The van der Waals surface area contributed by atoms with Crippen LogP contribution in [0.15, 0.2) is 43.0 Å². The molecule has 0 spiro atoms. The normalized spacial score (nSPS) is 11.4. The third kappa shape index (κ3) is 3.57. The van der Waals surface area contributed by atoms with Gasteiger partial charge in [-0.1, -0.05) is 10.7 Å². The molecule has 2 aromatic heterocycles. The Morgan fingerprint density at radius 2 is 2.00 bits per heavy atom. The lowest BCUT2D eigenvalue weighted by Crippen LogP contribution is -2.40. The summed E-state index contributed by atoms with van der Waals surface area (Å²) in [6.07, 6.45) is 6.69. The molecule has 7 heteroatoms. The molecule has 6 nitrogen and oxygen atoms in total. The average molecular weight is 266 g/mol. The highest BCUT2D eigenvalue weighted by Gasteiger charge is 2.11. The van der Waals surface area contributed by atoms with Crippen molar-refractivity contribution < 1.29 is 17.7 Å². The van der Waals surface area contributed by atoms with Crippen molar-refractivity contribution >= 4 is 10.1 Å². The molecule has 0 aliphatic heterocycles. The quantitative estimate of drug-likeness (QED) is 0.636. The van der Waals surface area contributed by atoms with Gasteiger partial charge in [0.05, 0.1) is 0 Å². The summed E-state index contributed by atoms with van der Waals surface area (Å²) in [4.78, 5) is 4.01. The zero-order valence-electron chi connectivity index (χ0n) is 9.47. The van der Waals surface area contributed by atoms with E-state index in [0.717, 1.165) is 11.1 Å². The average Bonchev–Trinajstić information content (AvgIpc) is 2.37. The lowest BCUT2D eigenvalue weighted by molar-refractivity contribution is -0.750. The topological polar surface area (TPSA) is 84.0 Å². The summed E-state index contributed by atoms with van der Waals surface area (Å²) in [5.41, 5.74) is 1.83. The van der Waals surface area contributed by atoms with Gasteiger partial charge in [0.15, 0.2) is 12.7 Å². The van der Waals surface area contributed by atoms with Crippen LogP contribution in [0.5, 0.6) is 0 Å². The third-order valence-electron chi connectivity index (χ3n) is 2.34. The lowest BCUT2D eigenvalue weighted by atomic mass is 10.1. The zero-order valence-corrected chi connectivity index (χ0v) is 10.3. The Labute approximate surface area is 105 Å². The van der Waals surface area contributed by atoms with Gasteiger partial charge in [-0.05, 0) is 11.2 Å². The van der Waals surface area contributed by atoms with E-state index in [1.54, 1.807) is 24.8 Å². The number of hydrogen-bond donors (Lipinski definition) is 1. The Bertz CT molecular complexity index is 612. The first-order valence-corrected chi connectivity index (χ1v) is 6.87.